The Labute approximate surface area is 164 Å². The van der Waals surface area contributed by atoms with Gasteiger partial charge < -0.3 is 4.90 Å². The van der Waals surface area contributed by atoms with Gasteiger partial charge in [-0.3, -0.25) is 4.79 Å². The summed E-state index contributed by atoms with van der Waals surface area (Å²) in [6.45, 7) is 0.504. The summed E-state index contributed by atoms with van der Waals surface area (Å²) in [6.07, 6.45) is 3.15. The highest BCUT2D eigenvalue weighted by atomic mass is 16.2. The van der Waals surface area contributed by atoms with Gasteiger partial charge in [-0.15, -0.1) is 0 Å². The Morgan fingerprint density at radius 1 is 0.893 bits per heavy atom. The van der Waals surface area contributed by atoms with Crippen LogP contribution in [0, 0.1) is 11.3 Å². The molecule has 1 aliphatic heterocycles. The lowest BCUT2D eigenvalue weighted by Gasteiger charge is -2.17. The highest BCUT2D eigenvalue weighted by Gasteiger charge is 2.34. The standard InChI is InChI=1S/C25H18N2O/c26-17-9-15-21(20-12-5-2-6-13-20)24-22-14-7-8-16-23(22)27(25(24)28)18-19-10-3-1-4-11-19/h1-16H,18H2/b15-9+,24-21-. The van der Waals surface area contributed by atoms with Crippen LogP contribution in [0.2, 0.25) is 0 Å². The quantitative estimate of drug-likeness (QED) is 0.471. The number of hydrogen-bond donors (Lipinski definition) is 0. The third-order valence-corrected chi connectivity index (χ3v) is 4.79. The molecule has 0 unspecified atom stereocenters. The Morgan fingerprint density at radius 2 is 1.54 bits per heavy atom. The van der Waals surface area contributed by atoms with Gasteiger partial charge in [0.15, 0.2) is 0 Å². The smallest absolute Gasteiger partial charge is 0.259 e. The molecular formula is C25H18N2O. The molecule has 0 aromatic heterocycles. The van der Waals surface area contributed by atoms with Crippen molar-refractivity contribution in [2.45, 2.75) is 6.54 Å². The van der Waals surface area contributed by atoms with E-state index in [4.69, 9.17) is 5.26 Å². The minimum absolute atomic E-state index is 0.0495. The summed E-state index contributed by atoms with van der Waals surface area (Å²) in [4.78, 5) is 15.3. The van der Waals surface area contributed by atoms with Crippen LogP contribution in [0.3, 0.4) is 0 Å². The lowest BCUT2D eigenvalue weighted by Crippen LogP contribution is -2.25. The Bertz CT molecular complexity index is 1110. The fourth-order valence-electron chi connectivity index (χ4n) is 3.53. The summed E-state index contributed by atoms with van der Waals surface area (Å²) in [7, 11) is 0. The van der Waals surface area contributed by atoms with Crippen molar-refractivity contribution in [3.63, 3.8) is 0 Å². The Hall–Kier alpha value is -3.90. The van der Waals surface area contributed by atoms with E-state index in [0.717, 1.165) is 28.0 Å². The SMILES string of the molecule is N#C/C=C/C(=C1/C(=O)N(Cc2ccccc2)c2ccccc21)c1ccccc1. The summed E-state index contributed by atoms with van der Waals surface area (Å²) in [5.41, 5.74) is 5.16. The first kappa shape index (κ1) is 17.5. The fourth-order valence-corrected chi connectivity index (χ4v) is 3.53. The van der Waals surface area contributed by atoms with E-state index in [-0.39, 0.29) is 5.91 Å². The lowest BCUT2D eigenvalue weighted by atomic mass is 9.95. The van der Waals surface area contributed by atoms with Gasteiger partial charge in [-0.25, -0.2) is 0 Å². The molecule has 0 saturated carbocycles. The highest BCUT2D eigenvalue weighted by molar-refractivity contribution is 6.38. The molecule has 1 amide bonds. The zero-order valence-electron chi connectivity index (χ0n) is 15.2. The van der Waals surface area contributed by atoms with Crippen LogP contribution in [0.5, 0.6) is 0 Å². The molecule has 0 N–H and O–H groups in total. The number of hydrogen-bond acceptors (Lipinski definition) is 2. The van der Waals surface area contributed by atoms with Crippen LogP contribution < -0.4 is 4.90 Å². The molecule has 0 saturated heterocycles. The second kappa shape index (κ2) is 7.77. The van der Waals surface area contributed by atoms with Gasteiger partial charge in [0.2, 0.25) is 0 Å². The molecule has 1 heterocycles. The molecule has 0 bridgehead atoms. The van der Waals surface area contributed by atoms with E-state index in [1.54, 1.807) is 6.08 Å². The van der Waals surface area contributed by atoms with Gasteiger partial charge in [0.25, 0.3) is 5.91 Å². The van der Waals surface area contributed by atoms with E-state index in [1.165, 1.54) is 6.08 Å². The average Bonchev–Trinajstić information content (AvgIpc) is 3.02. The lowest BCUT2D eigenvalue weighted by molar-refractivity contribution is -0.113. The number of nitriles is 1. The van der Waals surface area contributed by atoms with Gasteiger partial charge in [-0.05, 0) is 28.8 Å². The van der Waals surface area contributed by atoms with Gasteiger partial charge >= 0.3 is 0 Å². The van der Waals surface area contributed by atoms with E-state index >= 15 is 0 Å². The minimum atomic E-state index is -0.0495. The average molecular weight is 362 g/mol. The van der Waals surface area contributed by atoms with Gasteiger partial charge in [-0.2, -0.15) is 5.26 Å². The maximum absolute atomic E-state index is 13.5. The topological polar surface area (TPSA) is 44.1 Å². The van der Waals surface area contributed by atoms with Crippen molar-refractivity contribution < 1.29 is 4.79 Å². The van der Waals surface area contributed by atoms with Crippen molar-refractivity contribution in [1.29, 1.82) is 5.26 Å². The van der Waals surface area contributed by atoms with Crippen molar-refractivity contribution in [3.8, 4) is 6.07 Å². The van der Waals surface area contributed by atoms with Crippen molar-refractivity contribution in [3.05, 3.63) is 114 Å². The van der Waals surface area contributed by atoms with Crippen LogP contribution in [-0.2, 0) is 11.3 Å². The van der Waals surface area contributed by atoms with E-state index in [2.05, 4.69) is 0 Å². The van der Waals surface area contributed by atoms with Crippen LogP contribution in [0.15, 0.2) is 97.1 Å². The molecule has 3 aromatic rings. The number of fused-ring (bicyclic) bond motifs is 1. The number of carbonyl (C=O) groups is 1. The minimum Gasteiger partial charge on any atom is -0.303 e. The molecule has 0 radical (unpaired) electrons. The molecule has 0 fully saturated rings. The molecule has 3 nitrogen and oxygen atoms in total. The van der Waals surface area contributed by atoms with Crippen LogP contribution in [0.25, 0.3) is 11.1 Å². The monoisotopic (exact) mass is 362 g/mol. The number of carbonyl (C=O) groups excluding carboxylic acids is 1. The Morgan fingerprint density at radius 3 is 2.25 bits per heavy atom. The number of rotatable bonds is 4. The maximum atomic E-state index is 13.5. The molecule has 0 spiro atoms. The molecule has 28 heavy (non-hydrogen) atoms. The van der Waals surface area contributed by atoms with Crippen LogP contribution in [0.4, 0.5) is 5.69 Å². The third-order valence-electron chi connectivity index (χ3n) is 4.79. The number of para-hydroxylation sites is 1. The number of anilines is 1. The van der Waals surface area contributed by atoms with Gasteiger partial charge in [0.05, 0.1) is 23.9 Å². The number of benzene rings is 3. The number of nitrogens with zero attached hydrogens (tertiary/aromatic N) is 2. The van der Waals surface area contributed by atoms with Crippen molar-refractivity contribution in [1.82, 2.24) is 0 Å². The normalized spacial score (nSPS) is 14.8. The first-order valence-corrected chi connectivity index (χ1v) is 9.10. The first-order chi connectivity index (χ1) is 13.8. The predicted molar refractivity (Wildman–Crippen MR) is 112 cm³/mol. The van der Waals surface area contributed by atoms with E-state index < -0.39 is 0 Å². The van der Waals surface area contributed by atoms with Crippen LogP contribution in [-0.4, -0.2) is 5.91 Å². The van der Waals surface area contributed by atoms with Crippen molar-refractivity contribution >= 4 is 22.7 Å². The molecule has 0 atom stereocenters. The molecule has 3 heteroatoms. The second-order valence-corrected chi connectivity index (χ2v) is 6.51. The summed E-state index contributed by atoms with van der Waals surface area (Å²) in [6, 6.07) is 29.5. The zero-order chi connectivity index (χ0) is 19.3. The van der Waals surface area contributed by atoms with E-state index in [9.17, 15) is 4.79 Å². The summed E-state index contributed by atoms with van der Waals surface area (Å²) in [5, 5.41) is 9.06. The summed E-state index contributed by atoms with van der Waals surface area (Å²) in [5.74, 6) is -0.0495. The predicted octanol–water partition coefficient (Wildman–Crippen LogP) is 5.22. The maximum Gasteiger partial charge on any atom is 0.259 e. The van der Waals surface area contributed by atoms with Crippen LogP contribution >= 0.6 is 0 Å². The summed E-state index contributed by atoms with van der Waals surface area (Å²) >= 11 is 0. The highest BCUT2D eigenvalue weighted by Crippen LogP contribution is 2.41. The van der Waals surface area contributed by atoms with Crippen molar-refractivity contribution in [2.24, 2.45) is 0 Å². The third kappa shape index (κ3) is 3.24. The molecule has 4 rings (SSSR count). The van der Waals surface area contributed by atoms with Crippen molar-refractivity contribution in [2.75, 3.05) is 4.90 Å². The Kier molecular flexibility index (Phi) is 4.86. The summed E-state index contributed by atoms with van der Waals surface area (Å²) < 4.78 is 0. The second-order valence-electron chi connectivity index (χ2n) is 6.51. The molecule has 0 aliphatic carbocycles. The van der Waals surface area contributed by atoms with Gasteiger partial charge in [-0.1, -0.05) is 78.9 Å². The number of amides is 1. The molecule has 134 valence electrons. The van der Waals surface area contributed by atoms with Crippen LogP contribution in [0.1, 0.15) is 16.7 Å². The Balaban J connectivity index is 1.89. The largest absolute Gasteiger partial charge is 0.303 e. The number of allylic oxidation sites excluding steroid dienone is 3. The van der Waals surface area contributed by atoms with Gasteiger partial charge in [0, 0.05) is 11.6 Å². The zero-order valence-corrected chi connectivity index (χ0v) is 15.2. The van der Waals surface area contributed by atoms with Gasteiger partial charge in [0.1, 0.15) is 0 Å². The van der Waals surface area contributed by atoms with E-state index in [0.29, 0.717) is 12.1 Å². The fraction of sp³-hybridized carbons (Fsp3) is 0.0400. The molecule has 3 aromatic carbocycles. The first-order valence-electron chi connectivity index (χ1n) is 9.10. The molecular weight excluding hydrogens is 344 g/mol. The molecule has 1 aliphatic rings. The van der Waals surface area contributed by atoms with E-state index in [1.807, 2.05) is 95.9 Å².